The van der Waals surface area contributed by atoms with E-state index in [4.69, 9.17) is 5.73 Å². The zero-order chi connectivity index (χ0) is 9.14. The maximum absolute atomic E-state index is 10.6. The second kappa shape index (κ2) is 3.36. The first-order chi connectivity index (χ1) is 5.61. The van der Waals surface area contributed by atoms with Crippen LogP contribution in [0.15, 0.2) is 23.8 Å². The minimum absolute atomic E-state index is 0.0992. The Morgan fingerprint density at radius 2 is 2.17 bits per heavy atom. The highest BCUT2D eigenvalue weighted by molar-refractivity contribution is 7.73. The molecule has 0 aliphatic heterocycles. The van der Waals surface area contributed by atoms with Crippen molar-refractivity contribution in [2.24, 2.45) is 5.73 Å². The van der Waals surface area contributed by atoms with Gasteiger partial charge in [-0.2, -0.15) is 8.42 Å². The van der Waals surface area contributed by atoms with Gasteiger partial charge in [0, 0.05) is 12.0 Å². The molecule has 0 aromatic heterocycles. The average Bonchev–Trinajstić information content (AvgIpc) is 2.04. The number of hydrogen-bond acceptors (Lipinski definition) is 3. The number of amides is 1. The Bertz CT molecular complexity index is 392. The summed E-state index contributed by atoms with van der Waals surface area (Å²) in [7, 11) is -2.26. The molecule has 0 unspecified atom stereocenters. The van der Waals surface area contributed by atoms with E-state index in [1.54, 1.807) is 0 Å². The molecule has 0 saturated carbocycles. The number of rotatable bonds is 1. The van der Waals surface area contributed by atoms with Gasteiger partial charge in [0.15, 0.2) is 0 Å². The number of nitrogens with two attached hydrogens (primary N) is 1. The molecule has 64 valence electrons. The summed E-state index contributed by atoms with van der Waals surface area (Å²) in [6.07, 6.45) is 4.55. The van der Waals surface area contributed by atoms with Crippen LogP contribution in [-0.2, 0) is 15.1 Å². The second-order valence-electron chi connectivity index (χ2n) is 2.29. The van der Waals surface area contributed by atoms with Crippen LogP contribution < -0.4 is 5.73 Å². The predicted octanol–water partition coefficient (Wildman–Crippen LogP) is -0.590. The van der Waals surface area contributed by atoms with E-state index in [0.717, 1.165) is 0 Å². The molecule has 12 heavy (non-hydrogen) atoms. The van der Waals surface area contributed by atoms with E-state index in [9.17, 15) is 13.2 Å². The van der Waals surface area contributed by atoms with Gasteiger partial charge in [0.1, 0.15) is 0 Å². The molecule has 1 amide bonds. The fraction of sp³-hybridized carbons (Fsp3) is 0.143. The summed E-state index contributed by atoms with van der Waals surface area (Å²) in [6.45, 7) is 0. The summed E-state index contributed by atoms with van der Waals surface area (Å²) in [4.78, 5) is 10.8. The summed E-state index contributed by atoms with van der Waals surface area (Å²) in [6, 6.07) is 0. The lowest BCUT2D eigenvalue weighted by molar-refractivity contribution is -0.114. The van der Waals surface area contributed by atoms with Gasteiger partial charge in [0.05, 0.1) is 4.86 Å². The molecule has 1 aliphatic carbocycles. The molecule has 5 heteroatoms. The summed E-state index contributed by atoms with van der Waals surface area (Å²) in [5.74, 6) is -0.581. The van der Waals surface area contributed by atoms with E-state index in [1.807, 2.05) is 0 Å². The molecule has 0 aromatic carbocycles. The van der Waals surface area contributed by atoms with Gasteiger partial charge in [0.2, 0.25) is 16.2 Å². The molecule has 0 heterocycles. The SMILES string of the molecule is NC(=O)C1=CC=CC(=S(=O)=O)C1. The third-order valence-corrected chi connectivity index (χ3v) is 2.18. The molecule has 2 N–H and O–H groups in total. The maximum atomic E-state index is 10.6. The van der Waals surface area contributed by atoms with E-state index < -0.39 is 16.2 Å². The minimum Gasteiger partial charge on any atom is -0.366 e. The lowest BCUT2D eigenvalue weighted by Gasteiger charge is -2.03. The smallest absolute Gasteiger partial charge is 0.244 e. The van der Waals surface area contributed by atoms with Crippen LogP contribution in [0.25, 0.3) is 0 Å². The standard InChI is InChI=1S/C7H7NO3S/c8-7(9)5-2-1-3-6(4-5)12(10)11/h1-3H,4H2,(H2,8,9). The van der Waals surface area contributed by atoms with Gasteiger partial charge in [-0.05, 0) is 6.08 Å². The first kappa shape index (κ1) is 8.73. The molecular weight excluding hydrogens is 178 g/mol. The van der Waals surface area contributed by atoms with Crippen LogP contribution in [-0.4, -0.2) is 19.2 Å². The van der Waals surface area contributed by atoms with Crippen LogP contribution in [0.2, 0.25) is 0 Å². The van der Waals surface area contributed by atoms with Crippen LogP contribution in [0.1, 0.15) is 6.42 Å². The van der Waals surface area contributed by atoms with E-state index in [0.29, 0.717) is 5.57 Å². The van der Waals surface area contributed by atoms with E-state index in [-0.39, 0.29) is 11.3 Å². The Hall–Kier alpha value is -1.36. The second-order valence-corrected chi connectivity index (χ2v) is 3.29. The fourth-order valence-corrected chi connectivity index (χ4v) is 1.32. The van der Waals surface area contributed by atoms with Gasteiger partial charge in [0.25, 0.3) is 0 Å². The van der Waals surface area contributed by atoms with Crippen LogP contribution in [0.5, 0.6) is 0 Å². The topological polar surface area (TPSA) is 77.2 Å². The van der Waals surface area contributed by atoms with Gasteiger partial charge in [-0.1, -0.05) is 12.2 Å². The van der Waals surface area contributed by atoms with Crippen molar-refractivity contribution in [2.45, 2.75) is 6.42 Å². The molecule has 1 rings (SSSR count). The molecule has 0 saturated heterocycles. The Labute approximate surface area is 70.9 Å². The molecule has 4 nitrogen and oxygen atoms in total. The van der Waals surface area contributed by atoms with Crippen LogP contribution in [0, 0.1) is 0 Å². The Kier molecular flexibility index (Phi) is 2.44. The Morgan fingerprint density at radius 3 is 2.67 bits per heavy atom. The monoisotopic (exact) mass is 185 g/mol. The van der Waals surface area contributed by atoms with E-state index in [2.05, 4.69) is 0 Å². The highest BCUT2D eigenvalue weighted by atomic mass is 32.2. The summed E-state index contributed by atoms with van der Waals surface area (Å²) < 4.78 is 20.9. The van der Waals surface area contributed by atoms with E-state index >= 15 is 0 Å². The van der Waals surface area contributed by atoms with Crippen molar-refractivity contribution in [1.29, 1.82) is 0 Å². The molecule has 0 fully saturated rings. The van der Waals surface area contributed by atoms with Crippen LogP contribution in [0.3, 0.4) is 0 Å². The van der Waals surface area contributed by atoms with Gasteiger partial charge >= 0.3 is 0 Å². The summed E-state index contributed by atoms with van der Waals surface area (Å²) >= 11 is 0. The van der Waals surface area contributed by atoms with Crippen molar-refractivity contribution in [2.75, 3.05) is 0 Å². The van der Waals surface area contributed by atoms with Crippen LogP contribution in [0.4, 0.5) is 0 Å². The van der Waals surface area contributed by atoms with E-state index in [1.165, 1.54) is 18.2 Å². The van der Waals surface area contributed by atoms with Crippen molar-refractivity contribution >= 4 is 21.1 Å². The van der Waals surface area contributed by atoms with Crippen molar-refractivity contribution in [3.8, 4) is 0 Å². The fourth-order valence-electron chi connectivity index (χ4n) is 0.861. The van der Waals surface area contributed by atoms with Gasteiger partial charge < -0.3 is 5.73 Å². The normalized spacial score (nSPS) is 15.7. The highest BCUT2D eigenvalue weighted by Crippen LogP contribution is 2.08. The quantitative estimate of drug-likeness (QED) is 0.554. The van der Waals surface area contributed by atoms with Gasteiger partial charge in [-0.15, -0.1) is 0 Å². The Morgan fingerprint density at radius 1 is 1.50 bits per heavy atom. The number of carbonyl (C=O) groups excluding carboxylic acids is 1. The van der Waals surface area contributed by atoms with Gasteiger partial charge in [-0.25, -0.2) is 0 Å². The minimum atomic E-state index is -2.26. The van der Waals surface area contributed by atoms with Crippen molar-refractivity contribution in [1.82, 2.24) is 0 Å². The number of allylic oxidation sites excluding steroid dienone is 3. The molecule has 0 atom stereocenters. The molecule has 0 radical (unpaired) electrons. The third kappa shape index (κ3) is 1.82. The molecule has 0 aromatic rings. The first-order valence-electron chi connectivity index (χ1n) is 3.23. The number of hydrogen-bond donors (Lipinski definition) is 1. The highest BCUT2D eigenvalue weighted by Gasteiger charge is 2.10. The molecular formula is C7H7NO3S. The van der Waals surface area contributed by atoms with Crippen molar-refractivity contribution in [3.05, 3.63) is 23.8 Å². The molecule has 1 aliphatic rings. The maximum Gasteiger partial charge on any atom is 0.244 e. The molecule has 0 spiro atoms. The lowest BCUT2D eigenvalue weighted by Crippen LogP contribution is -2.17. The number of carbonyl (C=O) groups is 1. The summed E-state index contributed by atoms with van der Waals surface area (Å²) in [5.41, 5.74) is 5.29. The Balaban J connectivity index is 3.05. The molecule has 0 bridgehead atoms. The number of primary amides is 1. The van der Waals surface area contributed by atoms with Crippen molar-refractivity contribution in [3.63, 3.8) is 0 Å². The van der Waals surface area contributed by atoms with Gasteiger partial charge in [-0.3, -0.25) is 4.79 Å². The first-order valence-corrected chi connectivity index (χ1v) is 4.31. The third-order valence-electron chi connectivity index (χ3n) is 1.47. The van der Waals surface area contributed by atoms with Crippen molar-refractivity contribution < 1.29 is 13.2 Å². The zero-order valence-corrected chi connectivity index (χ0v) is 6.97. The van der Waals surface area contributed by atoms with Crippen LogP contribution >= 0.6 is 0 Å². The average molecular weight is 185 g/mol. The zero-order valence-electron chi connectivity index (χ0n) is 6.15. The largest absolute Gasteiger partial charge is 0.366 e. The summed E-state index contributed by atoms with van der Waals surface area (Å²) in [5, 5.41) is 0. The lowest BCUT2D eigenvalue weighted by atomic mass is 10.1. The predicted molar refractivity (Wildman–Crippen MR) is 45.0 cm³/mol.